The Balaban J connectivity index is 2.87. The van der Waals surface area contributed by atoms with Crippen LogP contribution in [0.25, 0.3) is 10.9 Å². The Kier molecular flexibility index (Phi) is 1.64. The Labute approximate surface area is 75.0 Å². The number of hydrogen-bond acceptors (Lipinski definition) is 3. The molecule has 0 radical (unpaired) electrons. The standard InChI is InChI=1S/C8H7NO3S/c10-13(11,12)8-5-9-7-4-2-1-3-6(7)8/h1-5,9H,(H,10,11,12)/p-1. The van der Waals surface area contributed by atoms with Gasteiger partial charge in [0.1, 0.15) is 10.1 Å². The summed E-state index contributed by atoms with van der Waals surface area (Å²) in [7, 11) is -4.37. The zero-order valence-electron chi connectivity index (χ0n) is 6.52. The molecule has 0 unspecified atom stereocenters. The van der Waals surface area contributed by atoms with Crippen molar-refractivity contribution < 1.29 is 13.0 Å². The highest BCUT2D eigenvalue weighted by Gasteiger charge is 2.07. The molecule has 0 atom stereocenters. The van der Waals surface area contributed by atoms with E-state index < -0.39 is 10.1 Å². The Morgan fingerprint density at radius 3 is 2.62 bits per heavy atom. The van der Waals surface area contributed by atoms with Gasteiger partial charge in [0, 0.05) is 17.1 Å². The van der Waals surface area contributed by atoms with Crippen LogP contribution in [0.2, 0.25) is 0 Å². The first-order valence-electron chi connectivity index (χ1n) is 3.61. The number of rotatable bonds is 1. The lowest BCUT2D eigenvalue weighted by Gasteiger charge is -2.03. The largest absolute Gasteiger partial charge is 0.744 e. The van der Waals surface area contributed by atoms with Crippen LogP contribution in [0.15, 0.2) is 35.4 Å². The molecule has 0 bridgehead atoms. The van der Waals surface area contributed by atoms with E-state index in [1.165, 1.54) is 6.20 Å². The predicted octanol–water partition coefficient (Wildman–Crippen LogP) is 1.07. The molecule has 1 N–H and O–H groups in total. The van der Waals surface area contributed by atoms with Crippen LogP contribution < -0.4 is 0 Å². The second kappa shape index (κ2) is 2.58. The number of aromatic amines is 1. The van der Waals surface area contributed by atoms with Crippen molar-refractivity contribution >= 4 is 21.0 Å². The lowest BCUT2D eigenvalue weighted by molar-refractivity contribution is 0.464. The van der Waals surface area contributed by atoms with E-state index in [1.54, 1.807) is 24.3 Å². The smallest absolute Gasteiger partial charge is 0.126 e. The Bertz CT molecular complexity index is 541. The molecule has 0 spiro atoms. The third-order valence-electron chi connectivity index (χ3n) is 1.82. The van der Waals surface area contributed by atoms with Crippen molar-refractivity contribution in [2.75, 3.05) is 0 Å². The summed E-state index contributed by atoms with van der Waals surface area (Å²) in [5.74, 6) is 0. The van der Waals surface area contributed by atoms with Gasteiger partial charge in [-0.25, -0.2) is 8.42 Å². The molecular weight excluding hydrogens is 190 g/mol. The molecule has 68 valence electrons. The molecular formula is C8H6NO3S-. The minimum Gasteiger partial charge on any atom is -0.744 e. The van der Waals surface area contributed by atoms with Crippen LogP contribution in [0.5, 0.6) is 0 Å². The highest BCUT2D eigenvalue weighted by atomic mass is 32.2. The Morgan fingerprint density at radius 1 is 1.23 bits per heavy atom. The molecule has 0 saturated carbocycles. The van der Waals surface area contributed by atoms with Crippen LogP contribution in [0.1, 0.15) is 0 Å². The first-order valence-corrected chi connectivity index (χ1v) is 5.02. The number of nitrogens with one attached hydrogen (secondary N) is 1. The van der Waals surface area contributed by atoms with Gasteiger partial charge in [0.25, 0.3) is 0 Å². The number of hydrogen-bond donors (Lipinski definition) is 1. The first-order chi connectivity index (χ1) is 6.09. The average Bonchev–Trinajstić information content (AvgIpc) is 2.45. The Hall–Kier alpha value is -1.33. The summed E-state index contributed by atoms with van der Waals surface area (Å²) >= 11 is 0. The molecule has 13 heavy (non-hydrogen) atoms. The fraction of sp³-hybridized carbons (Fsp3) is 0. The monoisotopic (exact) mass is 196 g/mol. The molecule has 1 heterocycles. The summed E-state index contributed by atoms with van der Waals surface area (Å²) in [6, 6.07) is 6.76. The normalized spacial score (nSPS) is 12.1. The molecule has 2 rings (SSSR count). The molecule has 2 aromatic rings. The maximum atomic E-state index is 10.7. The average molecular weight is 196 g/mol. The lowest BCUT2D eigenvalue weighted by atomic mass is 10.2. The molecule has 0 saturated heterocycles. The van der Waals surface area contributed by atoms with Crippen molar-refractivity contribution in [1.29, 1.82) is 0 Å². The summed E-state index contributed by atoms with van der Waals surface area (Å²) in [4.78, 5) is 2.52. The van der Waals surface area contributed by atoms with Crippen LogP contribution in [-0.2, 0) is 10.1 Å². The second-order valence-electron chi connectivity index (χ2n) is 2.65. The van der Waals surface area contributed by atoms with Gasteiger partial charge < -0.3 is 9.54 Å². The van der Waals surface area contributed by atoms with Crippen LogP contribution in [-0.4, -0.2) is 18.0 Å². The van der Waals surface area contributed by atoms with Crippen molar-refractivity contribution in [3.63, 3.8) is 0 Å². The molecule has 5 heteroatoms. The fourth-order valence-corrected chi connectivity index (χ4v) is 1.90. The van der Waals surface area contributed by atoms with Gasteiger partial charge in [0.2, 0.25) is 0 Å². The number of aromatic nitrogens is 1. The molecule has 0 aliphatic carbocycles. The summed E-state index contributed by atoms with van der Waals surface area (Å²) in [5.41, 5.74) is 0.650. The number of para-hydroxylation sites is 1. The summed E-state index contributed by atoms with van der Waals surface area (Å²) in [6.45, 7) is 0. The van der Waals surface area contributed by atoms with E-state index in [0.29, 0.717) is 10.9 Å². The van der Waals surface area contributed by atoms with E-state index in [1.807, 2.05) is 0 Å². The number of fused-ring (bicyclic) bond motifs is 1. The summed E-state index contributed by atoms with van der Waals surface area (Å²) in [6.07, 6.45) is 1.22. The maximum absolute atomic E-state index is 10.7. The second-order valence-corrected chi connectivity index (χ2v) is 4.00. The van der Waals surface area contributed by atoms with E-state index in [0.717, 1.165) is 0 Å². The van der Waals surface area contributed by atoms with Crippen LogP contribution >= 0.6 is 0 Å². The van der Waals surface area contributed by atoms with E-state index >= 15 is 0 Å². The van der Waals surface area contributed by atoms with E-state index in [-0.39, 0.29) is 4.90 Å². The van der Waals surface area contributed by atoms with Crippen molar-refractivity contribution in [2.45, 2.75) is 4.90 Å². The van der Waals surface area contributed by atoms with Gasteiger partial charge in [-0.1, -0.05) is 18.2 Å². The van der Waals surface area contributed by atoms with Crippen LogP contribution in [0.3, 0.4) is 0 Å². The zero-order chi connectivity index (χ0) is 9.47. The lowest BCUT2D eigenvalue weighted by Crippen LogP contribution is -1.96. The molecule has 0 amide bonds. The molecule has 1 aromatic heterocycles. The van der Waals surface area contributed by atoms with E-state index in [9.17, 15) is 13.0 Å². The van der Waals surface area contributed by atoms with Crippen molar-refractivity contribution in [1.82, 2.24) is 4.98 Å². The maximum Gasteiger partial charge on any atom is 0.126 e. The highest BCUT2D eigenvalue weighted by molar-refractivity contribution is 7.86. The van der Waals surface area contributed by atoms with Gasteiger partial charge in [-0.2, -0.15) is 0 Å². The summed E-state index contributed by atoms with van der Waals surface area (Å²) < 4.78 is 32.2. The molecule has 1 aromatic carbocycles. The van der Waals surface area contributed by atoms with Crippen LogP contribution in [0, 0.1) is 0 Å². The van der Waals surface area contributed by atoms with Crippen molar-refractivity contribution in [3.05, 3.63) is 30.5 Å². The van der Waals surface area contributed by atoms with Gasteiger partial charge in [0.15, 0.2) is 0 Å². The minimum absolute atomic E-state index is 0.192. The van der Waals surface area contributed by atoms with Crippen molar-refractivity contribution in [2.24, 2.45) is 0 Å². The van der Waals surface area contributed by atoms with Crippen LogP contribution in [0.4, 0.5) is 0 Å². The molecule has 0 aliphatic rings. The zero-order valence-corrected chi connectivity index (χ0v) is 7.34. The predicted molar refractivity (Wildman–Crippen MR) is 46.3 cm³/mol. The third-order valence-corrected chi connectivity index (χ3v) is 2.70. The minimum atomic E-state index is -4.37. The van der Waals surface area contributed by atoms with E-state index in [2.05, 4.69) is 4.98 Å². The van der Waals surface area contributed by atoms with Gasteiger partial charge in [-0.05, 0) is 6.07 Å². The SMILES string of the molecule is O=S(=O)([O-])c1c[nH]c2ccccc12. The van der Waals surface area contributed by atoms with Gasteiger partial charge in [0.05, 0.1) is 4.90 Å². The quantitative estimate of drug-likeness (QED) is 0.693. The fourth-order valence-electron chi connectivity index (χ4n) is 1.25. The third kappa shape index (κ3) is 1.32. The van der Waals surface area contributed by atoms with E-state index in [4.69, 9.17) is 0 Å². The molecule has 0 aliphatic heterocycles. The van der Waals surface area contributed by atoms with Gasteiger partial charge in [-0.3, -0.25) is 0 Å². The van der Waals surface area contributed by atoms with Crippen molar-refractivity contribution in [3.8, 4) is 0 Å². The number of benzene rings is 1. The highest BCUT2D eigenvalue weighted by Crippen LogP contribution is 2.21. The Morgan fingerprint density at radius 2 is 1.92 bits per heavy atom. The molecule has 0 fully saturated rings. The molecule has 4 nitrogen and oxygen atoms in total. The summed E-state index contributed by atoms with van der Waals surface area (Å²) in [5, 5.41) is 0.442. The first kappa shape index (κ1) is 8.28. The van der Waals surface area contributed by atoms with Gasteiger partial charge in [-0.15, -0.1) is 0 Å². The van der Waals surface area contributed by atoms with Gasteiger partial charge >= 0.3 is 0 Å². The topological polar surface area (TPSA) is 73.0 Å². The number of H-pyrrole nitrogens is 1.